The van der Waals surface area contributed by atoms with E-state index < -0.39 is 0 Å². The van der Waals surface area contributed by atoms with E-state index in [0.717, 1.165) is 13.2 Å². The molecule has 2 rings (SSSR count). The summed E-state index contributed by atoms with van der Waals surface area (Å²) in [5, 5.41) is 3.58. The highest BCUT2D eigenvalue weighted by atomic mass is 16.5. The summed E-state index contributed by atoms with van der Waals surface area (Å²) < 4.78 is 5.64. The van der Waals surface area contributed by atoms with Crippen molar-refractivity contribution in [3.8, 4) is 0 Å². The third-order valence-corrected chi connectivity index (χ3v) is 3.03. The summed E-state index contributed by atoms with van der Waals surface area (Å²) in [6.07, 6.45) is 7.05. The maximum atomic E-state index is 5.64. The summed E-state index contributed by atoms with van der Waals surface area (Å²) in [6.45, 7) is 4.34. The van der Waals surface area contributed by atoms with Crippen molar-refractivity contribution in [1.29, 1.82) is 0 Å². The maximum absolute atomic E-state index is 5.64. The number of hydrogen-bond donors (Lipinski definition) is 1. The first-order chi connectivity index (χ1) is 5.79. The van der Waals surface area contributed by atoms with Gasteiger partial charge in [0.15, 0.2) is 0 Å². The Bertz CT molecular complexity index is 148. The lowest BCUT2D eigenvalue weighted by atomic mass is 10.1. The van der Waals surface area contributed by atoms with E-state index in [2.05, 4.69) is 12.2 Å². The molecule has 0 bridgehead atoms. The van der Waals surface area contributed by atoms with Gasteiger partial charge in [0.25, 0.3) is 0 Å². The van der Waals surface area contributed by atoms with E-state index in [1.165, 1.54) is 32.1 Å². The lowest BCUT2D eigenvalue weighted by Gasteiger charge is -2.24. The Labute approximate surface area is 74.7 Å². The highest BCUT2D eigenvalue weighted by Crippen LogP contribution is 2.34. The van der Waals surface area contributed by atoms with Crippen LogP contribution in [0.4, 0.5) is 0 Å². The van der Waals surface area contributed by atoms with Crippen molar-refractivity contribution in [3.05, 3.63) is 0 Å². The van der Waals surface area contributed by atoms with Gasteiger partial charge in [-0.3, -0.25) is 0 Å². The van der Waals surface area contributed by atoms with Gasteiger partial charge < -0.3 is 10.1 Å². The molecule has 0 spiro atoms. The van der Waals surface area contributed by atoms with E-state index in [9.17, 15) is 0 Å². The molecule has 0 radical (unpaired) electrons. The number of nitrogens with one attached hydrogen (secondary N) is 1. The summed E-state index contributed by atoms with van der Waals surface area (Å²) in [5.74, 6) is 0. The molecule has 70 valence electrons. The number of rotatable bonds is 3. The van der Waals surface area contributed by atoms with Crippen LogP contribution in [0, 0.1) is 0 Å². The third-order valence-electron chi connectivity index (χ3n) is 3.03. The third kappa shape index (κ3) is 2.20. The lowest BCUT2D eigenvalue weighted by Crippen LogP contribution is -2.37. The molecule has 1 atom stereocenters. The van der Waals surface area contributed by atoms with Crippen molar-refractivity contribution in [2.45, 2.75) is 50.7 Å². The fourth-order valence-corrected chi connectivity index (χ4v) is 1.69. The Morgan fingerprint density at radius 3 is 2.83 bits per heavy atom. The molecule has 0 aromatic rings. The Balaban J connectivity index is 1.65. The number of ether oxygens (including phenoxy) is 1. The van der Waals surface area contributed by atoms with Gasteiger partial charge in [-0.1, -0.05) is 0 Å². The molecule has 0 aromatic heterocycles. The van der Waals surface area contributed by atoms with Gasteiger partial charge in [0.2, 0.25) is 0 Å². The molecule has 0 amide bonds. The van der Waals surface area contributed by atoms with Gasteiger partial charge in [-0.2, -0.15) is 0 Å². The van der Waals surface area contributed by atoms with Gasteiger partial charge in [-0.25, -0.2) is 0 Å². The van der Waals surface area contributed by atoms with Crippen LogP contribution in [0.15, 0.2) is 0 Å². The summed E-state index contributed by atoms with van der Waals surface area (Å²) in [6, 6.07) is 0. The van der Waals surface area contributed by atoms with Crippen LogP contribution >= 0.6 is 0 Å². The van der Waals surface area contributed by atoms with E-state index in [-0.39, 0.29) is 0 Å². The molecule has 2 aliphatic rings. The van der Waals surface area contributed by atoms with Crippen molar-refractivity contribution >= 4 is 0 Å². The van der Waals surface area contributed by atoms with Crippen molar-refractivity contribution in [1.82, 2.24) is 5.32 Å². The van der Waals surface area contributed by atoms with Crippen LogP contribution < -0.4 is 5.32 Å². The van der Waals surface area contributed by atoms with Crippen LogP contribution in [0.3, 0.4) is 0 Å². The summed E-state index contributed by atoms with van der Waals surface area (Å²) in [4.78, 5) is 0. The predicted octanol–water partition coefficient (Wildman–Crippen LogP) is 1.70. The van der Waals surface area contributed by atoms with Gasteiger partial charge in [0.1, 0.15) is 0 Å². The second-order valence-electron chi connectivity index (χ2n) is 4.43. The predicted molar refractivity (Wildman–Crippen MR) is 49.2 cm³/mol. The largest absolute Gasteiger partial charge is 0.377 e. The molecule has 1 N–H and O–H groups in total. The minimum absolute atomic E-state index is 0.473. The smallest absolute Gasteiger partial charge is 0.0699 e. The van der Waals surface area contributed by atoms with Gasteiger partial charge in [-0.15, -0.1) is 0 Å². The van der Waals surface area contributed by atoms with Crippen LogP contribution in [0.1, 0.15) is 39.0 Å². The quantitative estimate of drug-likeness (QED) is 0.694. The second kappa shape index (κ2) is 3.35. The summed E-state index contributed by atoms with van der Waals surface area (Å²) in [7, 11) is 0. The molecular formula is C10H19NO. The van der Waals surface area contributed by atoms with Gasteiger partial charge in [0.05, 0.1) is 6.10 Å². The molecule has 1 saturated carbocycles. The molecule has 2 nitrogen and oxygen atoms in total. The van der Waals surface area contributed by atoms with Crippen molar-refractivity contribution < 1.29 is 4.74 Å². The molecule has 2 heteroatoms. The van der Waals surface area contributed by atoms with E-state index >= 15 is 0 Å². The minimum atomic E-state index is 0.473. The van der Waals surface area contributed by atoms with E-state index in [1.54, 1.807) is 0 Å². The molecule has 1 saturated heterocycles. The zero-order chi connectivity index (χ0) is 8.44. The molecule has 12 heavy (non-hydrogen) atoms. The first-order valence-corrected chi connectivity index (χ1v) is 5.15. The topological polar surface area (TPSA) is 21.3 Å². The van der Waals surface area contributed by atoms with Crippen LogP contribution in [0.25, 0.3) is 0 Å². The standard InChI is InChI=1S/C10H19NO/c1-10(5-6-10)11-8-9-4-2-3-7-12-9/h9,11H,2-8H2,1H3. The Morgan fingerprint density at radius 1 is 1.42 bits per heavy atom. The minimum Gasteiger partial charge on any atom is -0.377 e. The molecular weight excluding hydrogens is 150 g/mol. The monoisotopic (exact) mass is 169 g/mol. The SMILES string of the molecule is CC1(NCC2CCCCO2)CC1. The average molecular weight is 169 g/mol. The molecule has 0 aromatic carbocycles. The lowest BCUT2D eigenvalue weighted by molar-refractivity contribution is 0.0151. The molecule has 1 heterocycles. The van der Waals surface area contributed by atoms with Crippen molar-refractivity contribution in [2.24, 2.45) is 0 Å². The van der Waals surface area contributed by atoms with Gasteiger partial charge >= 0.3 is 0 Å². The molecule has 1 aliphatic heterocycles. The Kier molecular flexibility index (Phi) is 2.37. The molecule has 1 unspecified atom stereocenters. The van der Waals surface area contributed by atoms with Gasteiger partial charge in [0, 0.05) is 18.7 Å². The van der Waals surface area contributed by atoms with Crippen LogP contribution in [-0.4, -0.2) is 24.8 Å². The van der Waals surface area contributed by atoms with Crippen molar-refractivity contribution in [3.63, 3.8) is 0 Å². The fraction of sp³-hybridized carbons (Fsp3) is 1.00. The maximum Gasteiger partial charge on any atom is 0.0699 e. The zero-order valence-corrected chi connectivity index (χ0v) is 7.94. The van der Waals surface area contributed by atoms with Gasteiger partial charge in [-0.05, 0) is 39.0 Å². The Hall–Kier alpha value is -0.0800. The first kappa shape index (κ1) is 8.52. The highest BCUT2D eigenvalue weighted by molar-refractivity contribution is 4.97. The number of hydrogen-bond acceptors (Lipinski definition) is 2. The van der Waals surface area contributed by atoms with E-state index in [0.29, 0.717) is 11.6 Å². The van der Waals surface area contributed by atoms with E-state index in [1.807, 2.05) is 0 Å². The highest BCUT2D eigenvalue weighted by Gasteiger charge is 2.37. The van der Waals surface area contributed by atoms with E-state index in [4.69, 9.17) is 4.74 Å². The van der Waals surface area contributed by atoms with Crippen LogP contribution in [0.5, 0.6) is 0 Å². The summed E-state index contributed by atoms with van der Waals surface area (Å²) >= 11 is 0. The normalized spacial score (nSPS) is 33.2. The van der Waals surface area contributed by atoms with Crippen LogP contribution in [-0.2, 0) is 4.74 Å². The summed E-state index contributed by atoms with van der Waals surface area (Å²) in [5.41, 5.74) is 0.473. The molecule has 1 aliphatic carbocycles. The molecule has 2 fully saturated rings. The second-order valence-corrected chi connectivity index (χ2v) is 4.43. The first-order valence-electron chi connectivity index (χ1n) is 5.15. The zero-order valence-electron chi connectivity index (χ0n) is 7.94. The fourth-order valence-electron chi connectivity index (χ4n) is 1.69. The van der Waals surface area contributed by atoms with Crippen LogP contribution in [0.2, 0.25) is 0 Å². The Morgan fingerprint density at radius 2 is 2.25 bits per heavy atom. The van der Waals surface area contributed by atoms with Crippen molar-refractivity contribution in [2.75, 3.05) is 13.2 Å². The average Bonchev–Trinajstić information content (AvgIpc) is 2.84.